The van der Waals surface area contributed by atoms with Gasteiger partial charge in [-0.3, -0.25) is 9.48 Å². The van der Waals surface area contributed by atoms with Crippen LogP contribution in [0.1, 0.15) is 90.8 Å². The zero-order valence-corrected chi connectivity index (χ0v) is 32.4. The van der Waals surface area contributed by atoms with Crippen LogP contribution in [0.25, 0.3) is 0 Å². The number of aryl methyl sites for hydroxylation is 2. The minimum atomic E-state index is -1.78. The average Bonchev–Trinajstić information content (AvgIpc) is 3.37. The minimum Gasteiger partial charge on any atom is -0.459 e. The van der Waals surface area contributed by atoms with Gasteiger partial charge in [0.2, 0.25) is 0 Å². The predicted molar refractivity (Wildman–Crippen MR) is 186 cm³/mol. The molecule has 0 aliphatic carbocycles. The van der Waals surface area contributed by atoms with Crippen LogP contribution in [0.4, 0.5) is 0 Å². The molecule has 14 nitrogen and oxygen atoms in total. The fraction of sp³-hybridized carbons (Fsp3) is 0.861. The number of aromatic nitrogens is 2. The molecule has 3 rings (SSSR count). The molecule has 0 amide bonds. The molecule has 0 spiro atoms. The monoisotopic (exact) mass is 712 g/mol. The van der Waals surface area contributed by atoms with Gasteiger partial charge in [-0.25, -0.2) is 4.79 Å². The van der Waals surface area contributed by atoms with Gasteiger partial charge in [-0.2, -0.15) is 5.10 Å². The standard InChI is InChI=1S/C36H64N4O10/c1-14-27-36(9,46)30(42)24(7)39(12)18-19(2)17-35(8,45)31(22(5)28(41)23(6)32(43)48-27)50-34-29(25(38(10)11)16-21(4)47-34)49-33(44)26-15-20(3)37-40(26)13/h15,19,21-25,27-31,34,41-42,45-46H,14,16-18H2,1-13H3/t19-,21-,22+,23-,24-,25+,27-,28+,29-,30-,31-,34+,35-,36-/m1/s1. The van der Waals surface area contributed by atoms with E-state index in [1.807, 2.05) is 44.8 Å². The molecule has 288 valence electrons. The molecule has 1 aromatic heterocycles. The largest absolute Gasteiger partial charge is 0.459 e. The first-order valence-corrected chi connectivity index (χ1v) is 17.9. The molecule has 2 aliphatic heterocycles. The summed E-state index contributed by atoms with van der Waals surface area (Å²) in [5.41, 5.74) is -2.46. The zero-order valence-electron chi connectivity index (χ0n) is 32.4. The number of carbonyl (C=O) groups excluding carboxylic acids is 2. The Morgan fingerprint density at radius 2 is 1.74 bits per heavy atom. The van der Waals surface area contributed by atoms with Crippen molar-refractivity contribution >= 4 is 11.9 Å². The highest BCUT2D eigenvalue weighted by Crippen LogP contribution is 2.37. The lowest BCUT2D eigenvalue weighted by atomic mass is 9.78. The van der Waals surface area contributed by atoms with Crippen molar-refractivity contribution in [3.8, 4) is 0 Å². The van der Waals surface area contributed by atoms with Crippen LogP contribution in [-0.4, -0.2) is 146 Å². The lowest BCUT2D eigenvalue weighted by Crippen LogP contribution is -2.60. The summed E-state index contributed by atoms with van der Waals surface area (Å²) in [6.45, 7) is 15.9. The topological polar surface area (TPSA) is 176 Å². The molecule has 1 aromatic rings. The second kappa shape index (κ2) is 16.7. The number of nitrogens with zero attached hydrogens (tertiary/aromatic N) is 4. The third-order valence-corrected chi connectivity index (χ3v) is 10.9. The molecule has 4 N–H and O–H groups in total. The molecule has 14 atom stereocenters. The Bertz CT molecular complexity index is 1290. The van der Waals surface area contributed by atoms with Gasteiger partial charge in [0, 0.05) is 25.6 Å². The van der Waals surface area contributed by atoms with Crippen LogP contribution < -0.4 is 0 Å². The molecule has 0 bridgehead atoms. The van der Waals surface area contributed by atoms with E-state index in [-0.39, 0.29) is 36.6 Å². The van der Waals surface area contributed by atoms with E-state index in [0.29, 0.717) is 18.7 Å². The van der Waals surface area contributed by atoms with Gasteiger partial charge in [-0.05, 0) is 93.9 Å². The summed E-state index contributed by atoms with van der Waals surface area (Å²) >= 11 is 0. The van der Waals surface area contributed by atoms with Crippen LogP contribution in [0.5, 0.6) is 0 Å². The fourth-order valence-corrected chi connectivity index (χ4v) is 7.83. The normalized spacial score (nSPS) is 41.7. The van der Waals surface area contributed by atoms with Crippen LogP contribution in [0, 0.1) is 24.7 Å². The molecule has 2 aliphatic rings. The number of hydrogen-bond donors (Lipinski definition) is 4. The fourth-order valence-electron chi connectivity index (χ4n) is 7.83. The van der Waals surface area contributed by atoms with Gasteiger partial charge in [-0.15, -0.1) is 0 Å². The first-order valence-electron chi connectivity index (χ1n) is 17.9. The van der Waals surface area contributed by atoms with Crippen LogP contribution in [0.15, 0.2) is 6.07 Å². The second-order valence-corrected chi connectivity index (χ2v) is 15.8. The second-order valence-electron chi connectivity index (χ2n) is 15.8. The van der Waals surface area contributed by atoms with Gasteiger partial charge in [0.05, 0.1) is 41.6 Å². The van der Waals surface area contributed by atoms with Crippen molar-refractivity contribution in [2.24, 2.45) is 24.8 Å². The summed E-state index contributed by atoms with van der Waals surface area (Å²) < 4.78 is 26.4. The molecule has 0 unspecified atom stereocenters. The van der Waals surface area contributed by atoms with E-state index in [1.165, 1.54) is 18.5 Å². The number of hydrogen-bond acceptors (Lipinski definition) is 13. The van der Waals surface area contributed by atoms with E-state index in [2.05, 4.69) is 5.10 Å². The van der Waals surface area contributed by atoms with Crippen LogP contribution in [0.3, 0.4) is 0 Å². The average molecular weight is 713 g/mol. The molecule has 2 saturated heterocycles. The summed E-state index contributed by atoms with van der Waals surface area (Å²) in [4.78, 5) is 30.9. The van der Waals surface area contributed by atoms with Crippen molar-refractivity contribution in [2.45, 2.75) is 148 Å². The minimum absolute atomic E-state index is 0.158. The number of esters is 2. The lowest BCUT2D eigenvalue weighted by Gasteiger charge is -2.47. The first kappa shape index (κ1) is 42.2. The smallest absolute Gasteiger partial charge is 0.357 e. The molecular formula is C36H64N4O10. The Labute approximate surface area is 298 Å². The molecule has 14 heteroatoms. The number of likely N-dealkylation sites (N-methyl/N-ethyl adjacent to an activating group) is 2. The molecule has 0 saturated carbocycles. The summed E-state index contributed by atoms with van der Waals surface area (Å²) in [6.07, 6.45) is -6.22. The van der Waals surface area contributed by atoms with Crippen LogP contribution >= 0.6 is 0 Å². The van der Waals surface area contributed by atoms with Crippen LogP contribution in [-0.2, 0) is 30.8 Å². The van der Waals surface area contributed by atoms with Crippen LogP contribution in [0.2, 0.25) is 0 Å². The maximum absolute atomic E-state index is 13.5. The van der Waals surface area contributed by atoms with Crippen molar-refractivity contribution in [1.82, 2.24) is 19.6 Å². The van der Waals surface area contributed by atoms with Gasteiger partial charge in [0.15, 0.2) is 12.4 Å². The quantitative estimate of drug-likeness (QED) is 0.315. The maximum atomic E-state index is 13.5. The van der Waals surface area contributed by atoms with Gasteiger partial charge in [-0.1, -0.05) is 20.8 Å². The number of cyclic esters (lactones) is 1. The van der Waals surface area contributed by atoms with Crippen molar-refractivity contribution in [3.63, 3.8) is 0 Å². The first-order chi connectivity index (χ1) is 23.0. The van der Waals surface area contributed by atoms with Gasteiger partial charge < -0.3 is 49.2 Å². The molecular weight excluding hydrogens is 648 g/mol. The maximum Gasteiger partial charge on any atom is 0.357 e. The van der Waals surface area contributed by atoms with E-state index < -0.39 is 77.8 Å². The van der Waals surface area contributed by atoms with Crippen molar-refractivity contribution in [3.05, 3.63) is 17.5 Å². The Balaban J connectivity index is 2.07. The molecule has 0 radical (unpaired) electrons. The molecule has 0 aromatic carbocycles. The molecule has 50 heavy (non-hydrogen) atoms. The van der Waals surface area contributed by atoms with E-state index >= 15 is 0 Å². The van der Waals surface area contributed by atoms with Gasteiger partial charge in [0.1, 0.15) is 23.5 Å². The van der Waals surface area contributed by atoms with E-state index in [9.17, 15) is 30.0 Å². The number of rotatable bonds is 6. The summed E-state index contributed by atoms with van der Waals surface area (Å²) in [5.74, 6) is -3.49. The van der Waals surface area contributed by atoms with Crippen molar-refractivity contribution < 1.29 is 49.0 Å². The Kier molecular flexibility index (Phi) is 14.1. The van der Waals surface area contributed by atoms with E-state index in [4.69, 9.17) is 18.9 Å². The predicted octanol–water partition coefficient (Wildman–Crippen LogP) is 1.88. The number of ether oxygens (including phenoxy) is 4. The van der Waals surface area contributed by atoms with E-state index in [0.717, 1.165) is 0 Å². The number of aliphatic hydroxyl groups excluding tert-OH is 2. The van der Waals surface area contributed by atoms with Gasteiger partial charge in [0.25, 0.3) is 0 Å². The molecule has 3 heterocycles. The zero-order chi connectivity index (χ0) is 38.0. The third-order valence-electron chi connectivity index (χ3n) is 10.9. The molecule has 2 fully saturated rings. The SMILES string of the molecule is CC[C@H]1OC(=O)[C@H](C)[C@@H](O)[C@H](C)[C@@H](O[C@@H]2O[C@H](C)C[C@H](N(C)C)[C@H]2OC(=O)c2cc(C)nn2C)[C@](C)(O)C[C@@H](C)CN(C)[C@H](C)[C@@H](O)[C@]1(C)O. The van der Waals surface area contributed by atoms with Crippen molar-refractivity contribution in [1.29, 1.82) is 0 Å². The Morgan fingerprint density at radius 1 is 1.12 bits per heavy atom. The number of carbonyl (C=O) groups is 2. The third kappa shape index (κ3) is 9.43. The summed E-state index contributed by atoms with van der Waals surface area (Å²) in [5, 5.41) is 51.1. The van der Waals surface area contributed by atoms with Crippen molar-refractivity contribution in [2.75, 3.05) is 27.7 Å². The van der Waals surface area contributed by atoms with E-state index in [1.54, 1.807) is 47.7 Å². The highest BCUT2D eigenvalue weighted by atomic mass is 16.7. The summed E-state index contributed by atoms with van der Waals surface area (Å²) in [7, 11) is 7.25. The lowest BCUT2D eigenvalue weighted by molar-refractivity contribution is -0.298. The summed E-state index contributed by atoms with van der Waals surface area (Å²) in [6, 6.07) is 0.782. The Morgan fingerprint density at radius 3 is 2.28 bits per heavy atom. The van der Waals surface area contributed by atoms with Gasteiger partial charge >= 0.3 is 11.9 Å². The number of aliphatic hydroxyl groups is 4. The Hall–Kier alpha value is -2.17. The highest BCUT2D eigenvalue weighted by Gasteiger charge is 2.51. The highest BCUT2D eigenvalue weighted by molar-refractivity contribution is 5.87.